The molecule has 0 bridgehead atoms. The van der Waals surface area contributed by atoms with E-state index in [1.54, 1.807) is 0 Å². The molecule has 0 unspecified atom stereocenters. The Labute approximate surface area is 97.3 Å². The summed E-state index contributed by atoms with van der Waals surface area (Å²) in [6.07, 6.45) is 5.18. The number of nitrogens with two attached hydrogens (primary N) is 1. The highest BCUT2D eigenvalue weighted by Gasteiger charge is 2.22. The molecule has 1 aromatic rings. The highest BCUT2D eigenvalue weighted by atomic mass is 19.1. The summed E-state index contributed by atoms with van der Waals surface area (Å²) >= 11 is 0. The lowest BCUT2D eigenvalue weighted by Crippen LogP contribution is -2.34. The van der Waals surface area contributed by atoms with Crippen LogP contribution in [0.15, 0.2) is 24.3 Å². The first-order chi connectivity index (χ1) is 8.09. The number of carbonyl (C=O) groups excluding carboxylic acids is 1. The van der Waals surface area contributed by atoms with Gasteiger partial charge in [-0.1, -0.05) is 12.2 Å². The van der Waals surface area contributed by atoms with Gasteiger partial charge in [0, 0.05) is 6.04 Å². The van der Waals surface area contributed by atoms with E-state index in [4.69, 9.17) is 5.73 Å². The summed E-state index contributed by atoms with van der Waals surface area (Å²) < 4.78 is 26.9. The molecular weight excluding hydrogens is 226 g/mol. The molecule has 0 radical (unpaired) electrons. The minimum absolute atomic E-state index is 0.0947. The van der Waals surface area contributed by atoms with E-state index < -0.39 is 23.1 Å². The molecule has 0 spiro atoms. The molecule has 0 saturated carbocycles. The van der Waals surface area contributed by atoms with Crippen LogP contribution in [0.25, 0.3) is 0 Å². The Balaban J connectivity index is 2.21. The van der Waals surface area contributed by atoms with Gasteiger partial charge in [0.25, 0.3) is 5.91 Å². The van der Waals surface area contributed by atoms with Crippen LogP contribution in [0, 0.1) is 11.6 Å². The average Bonchev–Trinajstić information content (AvgIpc) is 2.77. The number of amides is 1. The van der Waals surface area contributed by atoms with Crippen LogP contribution in [-0.2, 0) is 0 Å². The van der Waals surface area contributed by atoms with Gasteiger partial charge in [-0.3, -0.25) is 4.79 Å². The molecule has 5 heteroatoms. The number of rotatable bonds is 2. The van der Waals surface area contributed by atoms with E-state index in [1.807, 2.05) is 12.2 Å². The van der Waals surface area contributed by atoms with Crippen LogP contribution in [-0.4, -0.2) is 11.9 Å². The third kappa shape index (κ3) is 2.27. The second kappa shape index (κ2) is 4.53. The summed E-state index contributed by atoms with van der Waals surface area (Å²) in [7, 11) is 0. The number of anilines is 1. The smallest absolute Gasteiger partial charge is 0.257 e. The molecular formula is C12H12F2N2O. The topological polar surface area (TPSA) is 55.1 Å². The number of carbonyl (C=O) groups is 1. The Morgan fingerprint density at radius 1 is 1.29 bits per heavy atom. The van der Waals surface area contributed by atoms with Crippen molar-refractivity contribution >= 4 is 11.6 Å². The fourth-order valence-electron chi connectivity index (χ4n) is 1.77. The van der Waals surface area contributed by atoms with Gasteiger partial charge in [0.15, 0.2) is 5.82 Å². The van der Waals surface area contributed by atoms with E-state index in [9.17, 15) is 13.6 Å². The summed E-state index contributed by atoms with van der Waals surface area (Å²) in [5.41, 5.74) is 4.45. The molecule has 1 aromatic carbocycles. The molecule has 90 valence electrons. The van der Waals surface area contributed by atoms with Crippen LogP contribution >= 0.6 is 0 Å². The zero-order valence-corrected chi connectivity index (χ0v) is 9.04. The first kappa shape index (κ1) is 11.6. The third-order valence-electron chi connectivity index (χ3n) is 2.69. The number of nitrogen functional groups attached to an aromatic ring is 1. The predicted octanol–water partition coefficient (Wildman–Crippen LogP) is 2.00. The molecule has 3 nitrogen and oxygen atoms in total. The first-order valence-corrected chi connectivity index (χ1v) is 5.29. The fourth-order valence-corrected chi connectivity index (χ4v) is 1.77. The number of hydrogen-bond donors (Lipinski definition) is 2. The fraction of sp³-hybridized carbons (Fsp3) is 0.250. The SMILES string of the molecule is Nc1ccc(F)c(C(=O)NC2CC=CC2)c1F. The van der Waals surface area contributed by atoms with Gasteiger partial charge >= 0.3 is 0 Å². The molecule has 0 fully saturated rings. The molecule has 0 aromatic heterocycles. The van der Waals surface area contributed by atoms with Crippen LogP contribution < -0.4 is 11.1 Å². The van der Waals surface area contributed by atoms with E-state index in [-0.39, 0.29) is 11.7 Å². The van der Waals surface area contributed by atoms with E-state index in [2.05, 4.69) is 5.32 Å². The molecule has 1 aliphatic carbocycles. The van der Waals surface area contributed by atoms with Crippen molar-refractivity contribution in [1.29, 1.82) is 0 Å². The minimum atomic E-state index is -1.01. The summed E-state index contributed by atoms with van der Waals surface area (Å²) in [6, 6.07) is 1.99. The summed E-state index contributed by atoms with van der Waals surface area (Å²) in [6.45, 7) is 0. The maximum Gasteiger partial charge on any atom is 0.257 e. The van der Waals surface area contributed by atoms with Gasteiger partial charge in [0.2, 0.25) is 0 Å². The molecule has 0 atom stereocenters. The van der Waals surface area contributed by atoms with E-state index in [0.29, 0.717) is 12.8 Å². The number of nitrogens with one attached hydrogen (secondary N) is 1. The van der Waals surface area contributed by atoms with Crippen molar-refractivity contribution in [2.75, 3.05) is 5.73 Å². The van der Waals surface area contributed by atoms with Gasteiger partial charge < -0.3 is 11.1 Å². The van der Waals surface area contributed by atoms with Crippen molar-refractivity contribution in [3.05, 3.63) is 41.5 Å². The third-order valence-corrected chi connectivity index (χ3v) is 2.69. The van der Waals surface area contributed by atoms with Crippen molar-refractivity contribution in [2.24, 2.45) is 0 Å². The van der Waals surface area contributed by atoms with Crippen LogP contribution in [0.2, 0.25) is 0 Å². The number of benzene rings is 1. The van der Waals surface area contributed by atoms with Crippen molar-refractivity contribution in [2.45, 2.75) is 18.9 Å². The van der Waals surface area contributed by atoms with E-state index >= 15 is 0 Å². The van der Waals surface area contributed by atoms with Crippen molar-refractivity contribution < 1.29 is 13.6 Å². The first-order valence-electron chi connectivity index (χ1n) is 5.29. The highest BCUT2D eigenvalue weighted by molar-refractivity contribution is 5.95. The molecule has 2 rings (SSSR count). The molecule has 0 saturated heterocycles. The maximum atomic E-state index is 13.5. The molecule has 17 heavy (non-hydrogen) atoms. The van der Waals surface area contributed by atoms with Crippen LogP contribution in [0.4, 0.5) is 14.5 Å². The van der Waals surface area contributed by atoms with Gasteiger partial charge in [0.1, 0.15) is 11.4 Å². The van der Waals surface area contributed by atoms with Gasteiger partial charge in [-0.05, 0) is 25.0 Å². The average molecular weight is 238 g/mol. The van der Waals surface area contributed by atoms with Gasteiger partial charge in [-0.2, -0.15) is 0 Å². The Morgan fingerprint density at radius 2 is 1.94 bits per heavy atom. The van der Waals surface area contributed by atoms with Crippen LogP contribution in [0.3, 0.4) is 0 Å². The highest BCUT2D eigenvalue weighted by Crippen LogP contribution is 2.19. The van der Waals surface area contributed by atoms with E-state index in [0.717, 1.165) is 12.1 Å². The van der Waals surface area contributed by atoms with Crippen molar-refractivity contribution in [3.63, 3.8) is 0 Å². The minimum Gasteiger partial charge on any atom is -0.396 e. The summed E-state index contributed by atoms with van der Waals surface area (Å²) in [5, 5.41) is 2.57. The van der Waals surface area contributed by atoms with Crippen LogP contribution in [0.5, 0.6) is 0 Å². The zero-order chi connectivity index (χ0) is 12.4. The second-order valence-electron chi connectivity index (χ2n) is 3.94. The summed E-state index contributed by atoms with van der Waals surface area (Å²) in [5.74, 6) is -2.67. The lowest BCUT2D eigenvalue weighted by molar-refractivity contribution is 0.0930. The zero-order valence-electron chi connectivity index (χ0n) is 9.04. The molecule has 1 amide bonds. The maximum absolute atomic E-state index is 13.5. The number of hydrogen-bond acceptors (Lipinski definition) is 2. The lowest BCUT2D eigenvalue weighted by Gasteiger charge is -2.13. The monoisotopic (exact) mass is 238 g/mol. The van der Waals surface area contributed by atoms with Crippen molar-refractivity contribution in [1.82, 2.24) is 5.32 Å². The normalized spacial score (nSPS) is 15.2. The molecule has 3 N–H and O–H groups in total. The predicted molar refractivity (Wildman–Crippen MR) is 60.4 cm³/mol. The molecule has 0 aliphatic heterocycles. The Kier molecular flexibility index (Phi) is 3.08. The summed E-state index contributed by atoms with van der Waals surface area (Å²) in [4.78, 5) is 11.7. The second-order valence-corrected chi connectivity index (χ2v) is 3.94. The van der Waals surface area contributed by atoms with E-state index in [1.165, 1.54) is 0 Å². The van der Waals surface area contributed by atoms with Crippen LogP contribution in [0.1, 0.15) is 23.2 Å². The Hall–Kier alpha value is -1.91. The molecule has 1 aliphatic rings. The quantitative estimate of drug-likeness (QED) is 0.611. The van der Waals surface area contributed by atoms with Gasteiger partial charge in [-0.15, -0.1) is 0 Å². The Bertz CT molecular complexity index is 478. The van der Waals surface area contributed by atoms with Gasteiger partial charge in [-0.25, -0.2) is 8.78 Å². The standard InChI is InChI=1S/C12H12F2N2O/c13-8-5-6-9(15)11(14)10(8)12(17)16-7-3-1-2-4-7/h1-2,5-7H,3-4,15H2,(H,16,17). The van der Waals surface area contributed by atoms with Gasteiger partial charge in [0.05, 0.1) is 5.69 Å². The number of halogens is 2. The van der Waals surface area contributed by atoms with Crippen molar-refractivity contribution in [3.8, 4) is 0 Å². The molecule has 0 heterocycles. The Morgan fingerprint density at radius 3 is 2.59 bits per heavy atom. The largest absolute Gasteiger partial charge is 0.396 e. The lowest BCUT2D eigenvalue weighted by atomic mass is 10.1.